The predicted octanol–water partition coefficient (Wildman–Crippen LogP) is 4.39. The molecular formula is C12H23O. The summed E-state index contributed by atoms with van der Waals surface area (Å²) in [6.45, 7) is 2.25. The van der Waals surface area contributed by atoms with E-state index in [1.165, 1.54) is 51.4 Å². The highest BCUT2D eigenvalue weighted by Gasteiger charge is 1.89. The fraction of sp³-hybridized carbons (Fsp3) is 0.833. The fourth-order valence-corrected chi connectivity index (χ4v) is 1.44. The quantitative estimate of drug-likeness (QED) is 0.415. The SMILES string of the molecule is CCCCCCCCCC/C=[C]\O. The van der Waals surface area contributed by atoms with E-state index in [0.29, 0.717) is 0 Å². The minimum absolute atomic E-state index is 0.978. The van der Waals surface area contributed by atoms with Gasteiger partial charge in [-0.25, -0.2) is 0 Å². The first-order chi connectivity index (χ1) is 6.41. The zero-order chi connectivity index (χ0) is 9.78. The van der Waals surface area contributed by atoms with Gasteiger partial charge in [-0.2, -0.15) is 0 Å². The first kappa shape index (κ1) is 12.5. The molecule has 0 atom stereocenters. The van der Waals surface area contributed by atoms with E-state index < -0.39 is 0 Å². The van der Waals surface area contributed by atoms with E-state index in [0.717, 1.165) is 6.42 Å². The molecule has 0 aromatic carbocycles. The molecule has 0 spiro atoms. The lowest BCUT2D eigenvalue weighted by atomic mass is 10.1. The minimum atomic E-state index is 0.978. The standard InChI is InChI=1S/C12H23O/c1-2-3-4-5-6-7-8-9-10-11-12-13/h11,13H,2-10H2,1H3. The van der Waals surface area contributed by atoms with Gasteiger partial charge in [-0.05, 0) is 18.9 Å². The normalized spacial score (nSPS) is 11.2. The van der Waals surface area contributed by atoms with Crippen LogP contribution in [0.2, 0.25) is 0 Å². The van der Waals surface area contributed by atoms with Crippen molar-refractivity contribution in [1.29, 1.82) is 0 Å². The van der Waals surface area contributed by atoms with Gasteiger partial charge in [-0.1, -0.05) is 51.9 Å². The van der Waals surface area contributed by atoms with Gasteiger partial charge in [0.05, 0.1) is 0 Å². The van der Waals surface area contributed by atoms with Gasteiger partial charge in [0.2, 0.25) is 0 Å². The van der Waals surface area contributed by atoms with Crippen LogP contribution in [-0.2, 0) is 0 Å². The maximum atomic E-state index is 8.26. The Labute approximate surface area is 82.9 Å². The topological polar surface area (TPSA) is 20.2 Å². The molecule has 0 aromatic heterocycles. The van der Waals surface area contributed by atoms with E-state index >= 15 is 0 Å². The van der Waals surface area contributed by atoms with E-state index in [1.807, 2.05) is 0 Å². The summed E-state index contributed by atoms with van der Waals surface area (Å²) >= 11 is 0. The van der Waals surface area contributed by atoms with Crippen molar-refractivity contribution in [2.45, 2.75) is 64.7 Å². The lowest BCUT2D eigenvalue weighted by Gasteiger charge is -1.99. The minimum Gasteiger partial charge on any atom is -0.504 e. The van der Waals surface area contributed by atoms with E-state index in [9.17, 15) is 0 Å². The maximum Gasteiger partial charge on any atom is 0.152 e. The summed E-state index contributed by atoms with van der Waals surface area (Å²) in [5.74, 6) is 0. The van der Waals surface area contributed by atoms with Crippen molar-refractivity contribution in [2.75, 3.05) is 0 Å². The molecule has 0 amide bonds. The summed E-state index contributed by atoms with van der Waals surface area (Å²) in [6.07, 6.45) is 15.5. The van der Waals surface area contributed by atoms with E-state index in [2.05, 4.69) is 13.2 Å². The molecule has 0 rings (SSSR count). The third-order valence-electron chi connectivity index (χ3n) is 2.29. The molecule has 0 saturated heterocycles. The van der Waals surface area contributed by atoms with Crippen LogP contribution in [-0.4, -0.2) is 5.11 Å². The molecule has 0 aliphatic rings. The Hall–Kier alpha value is -0.460. The molecule has 0 aromatic rings. The monoisotopic (exact) mass is 183 g/mol. The van der Waals surface area contributed by atoms with Crippen LogP contribution < -0.4 is 0 Å². The molecule has 0 bridgehead atoms. The Morgan fingerprint density at radius 2 is 1.46 bits per heavy atom. The number of aliphatic hydroxyl groups is 1. The second kappa shape index (κ2) is 11.5. The molecule has 13 heavy (non-hydrogen) atoms. The lowest BCUT2D eigenvalue weighted by molar-refractivity contribution is 0.438. The molecule has 0 fully saturated rings. The Balaban J connectivity index is 2.83. The van der Waals surface area contributed by atoms with Gasteiger partial charge in [0.1, 0.15) is 0 Å². The second-order valence-electron chi connectivity index (χ2n) is 3.60. The molecule has 1 heteroatoms. The summed E-state index contributed by atoms with van der Waals surface area (Å²) in [4.78, 5) is 0. The second-order valence-corrected chi connectivity index (χ2v) is 3.60. The van der Waals surface area contributed by atoms with Crippen molar-refractivity contribution in [3.05, 3.63) is 12.3 Å². The Morgan fingerprint density at radius 3 is 2.00 bits per heavy atom. The smallest absolute Gasteiger partial charge is 0.152 e. The molecule has 1 nitrogen and oxygen atoms in total. The highest BCUT2D eigenvalue weighted by molar-refractivity contribution is 4.65. The molecule has 77 valence electrons. The maximum absolute atomic E-state index is 8.26. The van der Waals surface area contributed by atoms with Crippen LogP contribution >= 0.6 is 0 Å². The molecule has 0 heterocycles. The summed E-state index contributed by atoms with van der Waals surface area (Å²) in [5, 5.41) is 8.26. The molecule has 0 unspecified atom stereocenters. The summed E-state index contributed by atoms with van der Waals surface area (Å²) < 4.78 is 0. The van der Waals surface area contributed by atoms with Gasteiger partial charge in [-0.3, -0.25) is 0 Å². The summed E-state index contributed by atoms with van der Waals surface area (Å²) in [6, 6.07) is 0. The molecule has 0 aliphatic heterocycles. The van der Waals surface area contributed by atoms with Crippen molar-refractivity contribution in [2.24, 2.45) is 0 Å². The Bertz CT molecular complexity index is 108. The van der Waals surface area contributed by atoms with Crippen LogP contribution in [0, 0.1) is 6.26 Å². The highest BCUT2D eigenvalue weighted by Crippen LogP contribution is 2.09. The molecule has 0 aliphatic carbocycles. The number of unbranched alkanes of at least 4 members (excludes halogenated alkanes) is 8. The van der Waals surface area contributed by atoms with Crippen LogP contribution in [0.4, 0.5) is 0 Å². The zero-order valence-electron chi connectivity index (χ0n) is 8.89. The number of aliphatic hydroxyl groups excluding tert-OH is 1. The largest absolute Gasteiger partial charge is 0.504 e. The van der Waals surface area contributed by atoms with Gasteiger partial charge in [0.25, 0.3) is 0 Å². The molecule has 0 saturated carbocycles. The molecule has 1 radical (unpaired) electrons. The van der Waals surface area contributed by atoms with Crippen LogP contribution in [0.1, 0.15) is 64.7 Å². The van der Waals surface area contributed by atoms with Gasteiger partial charge in [0.15, 0.2) is 6.26 Å². The van der Waals surface area contributed by atoms with Crippen LogP contribution in [0.3, 0.4) is 0 Å². The number of hydrogen-bond donors (Lipinski definition) is 1. The highest BCUT2D eigenvalue weighted by atomic mass is 16.2. The fourth-order valence-electron chi connectivity index (χ4n) is 1.44. The van der Waals surface area contributed by atoms with Crippen molar-refractivity contribution < 1.29 is 5.11 Å². The lowest BCUT2D eigenvalue weighted by Crippen LogP contribution is -1.79. The zero-order valence-corrected chi connectivity index (χ0v) is 8.89. The van der Waals surface area contributed by atoms with Crippen molar-refractivity contribution in [3.8, 4) is 0 Å². The van der Waals surface area contributed by atoms with E-state index in [4.69, 9.17) is 5.11 Å². The first-order valence-electron chi connectivity index (χ1n) is 5.63. The third kappa shape index (κ3) is 11.5. The van der Waals surface area contributed by atoms with Crippen molar-refractivity contribution >= 4 is 0 Å². The van der Waals surface area contributed by atoms with Crippen LogP contribution in [0.25, 0.3) is 0 Å². The summed E-state index contributed by atoms with van der Waals surface area (Å²) in [7, 11) is 0. The van der Waals surface area contributed by atoms with Gasteiger partial charge in [0, 0.05) is 0 Å². The number of allylic oxidation sites excluding steroid dienone is 1. The van der Waals surface area contributed by atoms with Crippen molar-refractivity contribution in [3.63, 3.8) is 0 Å². The van der Waals surface area contributed by atoms with Crippen molar-refractivity contribution in [1.82, 2.24) is 0 Å². The van der Waals surface area contributed by atoms with Gasteiger partial charge in [-0.15, -0.1) is 0 Å². The Morgan fingerprint density at radius 1 is 0.923 bits per heavy atom. The van der Waals surface area contributed by atoms with E-state index in [-0.39, 0.29) is 0 Å². The number of hydrogen-bond acceptors (Lipinski definition) is 1. The van der Waals surface area contributed by atoms with Gasteiger partial charge < -0.3 is 5.11 Å². The van der Waals surface area contributed by atoms with E-state index in [1.54, 1.807) is 6.08 Å². The Kier molecular flexibility index (Phi) is 11.1. The molecule has 1 N–H and O–H groups in total. The van der Waals surface area contributed by atoms with Gasteiger partial charge >= 0.3 is 0 Å². The molecular weight excluding hydrogens is 160 g/mol. The van der Waals surface area contributed by atoms with Crippen LogP contribution in [0.15, 0.2) is 6.08 Å². The summed E-state index contributed by atoms with van der Waals surface area (Å²) in [5.41, 5.74) is 0. The average molecular weight is 183 g/mol. The van der Waals surface area contributed by atoms with Crippen LogP contribution in [0.5, 0.6) is 0 Å². The average Bonchev–Trinajstić information content (AvgIpc) is 2.16. The first-order valence-corrected chi connectivity index (χ1v) is 5.63. The number of rotatable bonds is 9. The predicted molar refractivity (Wildman–Crippen MR) is 57.7 cm³/mol. The third-order valence-corrected chi connectivity index (χ3v) is 2.29.